The molecule has 2 heterocycles. The largest absolute Gasteiger partial charge is 0.486 e. The SMILES string of the molecule is Nc1ncnc(Nc2ccc3c(c2)OCCO3)c1Br. The smallest absolute Gasteiger partial charge is 0.163 e. The molecule has 3 rings (SSSR count). The molecule has 0 unspecified atom stereocenters. The maximum atomic E-state index is 5.70. The van der Waals surface area contributed by atoms with Crippen molar-refractivity contribution in [2.75, 3.05) is 24.3 Å². The Morgan fingerprint density at radius 2 is 1.95 bits per heavy atom. The molecular weight excluding hydrogens is 312 g/mol. The highest BCUT2D eigenvalue weighted by molar-refractivity contribution is 9.10. The third-order valence-corrected chi connectivity index (χ3v) is 3.40. The van der Waals surface area contributed by atoms with Crippen molar-refractivity contribution in [2.24, 2.45) is 0 Å². The fourth-order valence-electron chi connectivity index (χ4n) is 1.73. The van der Waals surface area contributed by atoms with E-state index in [1.807, 2.05) is 18.2 Å². The first kappa shape index (κ1) is 12.0. The molecule has 1 aromatic carbocycles. The number of nitrogens with two attached hydrogens (primary N) is 1. The Morgan fingerprint density at radius 3 is 2.79 bits per heavy atom. The highest BCUT2D eigenvalue weighted by atomic mass is 79.9. The van der Waals surface area contributed by atoms with Crippen molar-refractivity contribution in [2.45, 2.75) is 0 Å². The number of ether oxygens (including phenoxy) is 2. The zero-order chi connectivity index (χ0) is 13.2. The number of nitrogens with zero attached hydrogens (tertiary/aromatic N) is 2. The molecule has 1 aromatic heterocycles. The van der Waals surface area contributed by atoms with Gasteiger partial charge in [0.05, 0.1) is 0 Å². The van der Waals surface area contributed by atoms with Crippen LogP contribution < -0.4 is 20.5 Å². The normalized spacial score (nSPS) is 13.1. The van der Waals surface area contributed by atoms with E-state index in [4.69, 9.17) is 15.2 Å². The van der Waals surface area contributed by atoms with Crippen LogP contribution in [-0.2, 0) is 0 Å². The number of nitrogen functional groups attached to an aromatic ring is 1. The van der Waals surface area contributed by atoms with Crippen LogP contribution in [0.5, 0.6) is 11.5 Å². The van der Waals surface area contributed by atoms with Gasteiger partial charge in [0.15, 0.2) is 11.5 Å². The fraction of sp³-hybridized carbons (Fsp3) is 0.167. The van der Waals surface area contributed by atoms with Gasteiger partial charge in [-0.25, -0.2) is 9.97 Å². The van der Waals surface area contributed by atoms with Crippen molar-refractivity contribution in [3.8, 4) is 11.5 Å². The van der Waals surface area contributed by atoms with Crippen LogP contribution in [0.25, 0.3) is 0 Å². The van der Waals surface area contributed by atoms with Gasteiger partial charge in [-0.3, -0.25) is 0 Å². The maximum Gasteiger partial charge on any atom is 0.163 e. The van der Waals surface area contributed by atoms with Gasteiger partial charge in [-0.15, -0.1) is 0 Å². The minimum absolute atomic E-state index is 0.384. The maximum absolute atomic E-state index is 5.70. The number of anilines is 3. The van der Waals surface area contributed by atoms with Crippen molar-refractivity contribution in [1.82, 2.24) is 9.97 Å². The van der Waals surface area contributed by atoms with Gasteiger partial charge in [0, 0.05) is 11.8 Å². The number of halogens is 1. The minimum Gasteiger partial charge on any atom is -0.486 e. The van der Waals surface area contributed by atoms with Crippen molar-refractivity contribution in [3.05, 3.63) is 29.0 Å². The fourth-order valence-corrected chi connectivity index (χ4v) is 2.03. The number of fused-ring (bicyclic) bond motifs is 1. The minimum atomic E-state index is 0.384. The summed E-state index contributed by atoms with van der Waals surface area (Å²) in [7, 11) is 0. The van der Waals surface area contributed by atoms with Crippen LogP contribution in [0.2, 0.25) is 0 Å². The van der Waals surface area contributed by atoms with E-state index in [-0.39, 0.29) is 0 Å². The molecule has 19 heavy (non-hydrogen) atoms. The molecule has 6 nitrogen and oxygen atoms in total. The lowest BCUT2D eigenvalue weighted by atomic mass is 10.2. The van der Waals surface area contributed by atoms with Crippen LogP contribution in [0, 0.1) is 0 Å². The molecule has 7 heteroatoms. The summed E-state index contributed by atoms with van der Waals surface area (Å²) < 4.78 is 11.6. The summed E-state index contributed by atoms with van der Waals surface area (Å²) in [5, 5.41) is 3.15. The van der Waals surface area contributed by atoms with Gasteiger partial charge in [0.2, 0.25) is 0 Å². The third kappa shape index (κ3) is 2.41. The van der Waals surface area contributed by atoms with Gasteiger partial charge in [-0.1, -0.05) is 0 Å². The molecule has 1 aliphatic heterocycles. The Balaban J connectivity index is 1.89. The molecule has 0 amide bonds. The summed E-state index contributed by atoms with van der Waals surface area (Å²) >= 11 is 3.34. The Kier molecular flexibility index (Phi) is 3.12. The van der Waals surface area contributed by atoms with E-state index in [9.17, 15) is 0 Å². The lowest BCUT2D eigenvalue weighted by Crippen LogP contribution is -2.15. The summed E-state index contributed by atoms with van der Waals surface area (Å²) in [6.07, 6.45) is 1.40. The number of nitrogens with one attached hydrogen (secondary N) is 1. The molecule has 1 aliphatic rings. The van der Waals surface area contributed by atoms with E-state index in [0.29, 0.717) is 29.3 Å². The lowest BCUT2D eigenvalue weighted by molar-refractivity contribution is 0.171. The van der Waals surface area contributed by atoms with Gasteiger partial charge >= 0.3 is 0 Å². The van der Waals surface area contributed by atoms with E-state index in [1.54, 1.807) is 0 Å². The standard InChI is InChI=1S/C12H11BrN4O2/c13-10-11(14)15-6-16-12(10)17-7-1-2-8-9(5-7)19-4-3-18-8/h1-2,5-6H,3-4H2,(H3,14,15,16,17). The van der Waals surface area contributed by atoms with Crippen molar-refractivity contribution < 1.29 is 9.47 Å². The Bertz CT molecular complexity index is 621. The average molecular weight is 323 g/mol. The molecule has 98 valence electrons. The van der Waals surface area contributed by atoms with Crippen LogP contribution in [0.1, 0.15) is 0 Å². The van der Waals surface area contributed by atoms with E-state index in [2.05, 4.69) is 31.2 Å². The van der Waals surface area contributed by atoms with Crippen LogP contribution in [0.4, 0.5) is 17.3 Å². The van der Waals surface area contributed by atoms with Crippen LogP contribution in [-0.4, -0.2) is 23.2 Å². The monoisotopic (exact) mass is 322 g/mol. The second-order valence-corrected chi connectivity index (χ2v) is 4.70. The first-order valence-corrected chi connectivity index (χ1v) is 6.46. The van der Waals surface area contributed by atoms with Crippen LogP contribution >= 0.6 is 15.9 Å². The number of hydrogen-bond donors (Lipinski definition) is 2. The van der Waals surface area contributed by atoms with Gasteiger partial charge in [-0.2, -0.15) is 0 Å². The highest BCUT2D eigenvalue weighted by Crippen LogP contribution is 2.34. The molecule has 0 spiro atoms. The van der Waals surface area contributed by atoms with Crippen molar-refractivity contribution in [1.29, 1.82) is 0 Å². The van der Waals surface area contributed by atoms with Gasteiger partial charge in [0.1, 0.15) is 35.6 Å². The number of hydrogen-bond acceptors (Lipinski definition) is 6. The van der Waals surface area contributed by atoms with Crippen LogP contribution in [0.3, 0.4) is 0 Å². The van der Waals surface area contributed by atoms with Gasteiger partial charge < -0.3 is 20.5 Å². The van der Waals surface area contributed by atoms with E-state index >= 15 is 0 Å². The Morgan fingerprint density at radius 1 is 1.16 bits per heavy atom. The number of aromatic nitrogens is 2. The predicted molar refractivity (Wildman–Crippen MR) is 74.9 cm³/mol. The third-order valence-electron chi connectivity index (χ3n) is 2.62. The summed E-state index contributed by atoms with van der Waals surface area (Å²) in [5.41, 5.74) is 6.54. The van der Waals surface area contributed by atoms with Crippen molar-refractivity contribution in [3.63, 3.8) is 0 Å². The molecule has 0 fully saturated rings. The lowest BCUT2D eigenvalue weighted by Gasteiger charge is -2.19. The average Bonchev–Trinajstić information content (AvgIpc) is 2.44. The van der Waals surface area contributed by atoms with Gasteiger partial charge in [0.25, 0.3) is 0 Å². The molecule has 0 aliphatic carbocycles. The topological polar surface area (TPSA) is 82.3 Å². The molecule has 2 aromatic rings. The zero-order valence-corrected chi connectivity index (χ0v) is 11.5. The van der Waals surface area contributed by atoms with Gasteiger partial charge in [-0.05, 0) is 28.1 Å². The molecule has 0 radical (unpaired) electrons. The Labute approximate surface area is 118 Å². The zero-order valence-electron chi connectivity index (χ0n) is 9.89. The molecule has 0 saturated carbocycles. The molecule has 0 saturated heterocycles. The summed E-state index contributed by atoms with van der Waals surface area (Å²) in [6.45, 7) is 1.13. The molecule has 0 atom stereocenters. The molecule has 0 bridgehead atoms. The molecular formula is C12H11BrN4O2. The summed E-state index contributed by atoms with van der Waals surface area (Å²) in [6, 6.07) is 5.60. The van der Waals surface area contributed by atoms with Crippen LogP contribution in [0.15, 0.2) is 29.0 Å². The predicted octanol–water partition coefficient (Wildman–Crippen LogP) is 2.34. The van der Waals surface area contributed by atoms with Crippen molar-refractivity contribution >= 4 is 33.3 Å². The first-order chi connectivity index (χ1) is 9.24. The Hall–Kier alpha value is -2.02. The number of rotatable bonds is 2. The van der Waals surface area contributed by atoms with E-state index in [0.717, 1.165) is 17.2 Å². The summed E-state index contributed by atoms with van der Waals surface area (Å²) in [4.78, 5) is 8.01. The first-order valence-electron chi connectivity index (χ1n) is 5.66. The summed E-state index contributed by atoms with van der Waals surface area (Å²) in [5.74, 6) is 2.45. The quantitative estimate of drug-likeness (QED) is 0.883. The van der Waals surface area contributed by atoms with E-state index in [1.165, 1.54) is 6.33 Å². The highest BCUT2D eigenvalue weighted by Gasteiger charge is 2.13. The van der Waals surface area contributed by atoms with E-state index < -0.39 is 0 Å². The second-order valence-electron chi connectivity index (χ2n) is 3.90. The second kappa shape index (κ2) is 4.93. The molecule has 3 N–H and O–H groups in total. The number of benzene rings is 1.